The summed E-state index contributed by atoms with van der Waals surface area (Å²) in [6.07, 6.45) is 6.00. The van der Waals surface area contributed by atoms with Gasteiger partial charge in [-0.1, -0.05) is 6.92 Å². The maximum atomic E-state index is 4.58. The molecule has 0 bridgehead atoms. The Hall–Kier alpha value is -0.870. The van der Waals surface area contributed by atoms with Gasteiger partial charge in [-0.25, -0.2) is 0 Å². The van der Waals surface area contributed by atoms with Gasteiger partial charge in [0, 0.05) is 44.0 Å². The van der Waals surface area contributed by atoms with Crippen LogP contribution >= 0.6 is 0 Å². The fourth-order valence-corrected chi connectivity index (χ4v) is 3.49. The molecule has 2 heterocycles. The molecule has 0 spiro atoms. The second-order valence-corrected chi connectivity index (χ2v) is 7.24. The van der Waals surface area contributed by atoms with E-state index in [1.807, 2.05) is 17.9 Å². The summed E-state index contributed by atoms with van der Waals surface area (Å²) in [5.41, 5.74) is 1.73. The molecule has 20 heavy (non-hydrogen) atoms. The van der Waals surface area contributed by atoms with Crippen molar-refractivity contribution in [3.63, 3.8) is 0 Å². The van der Waals surface area contributed by atoms with Crippen LogP contribution in [0, 0.1) is 5.92 Å². The van der Waals surface area contributed by atoms with Gasteiger partial charge in [0.1, 0.15) is 0 Å². The predicted molar refractivity (Wildman–Crippen MR) is 81.4 cm³/mol. The monoisotopic (exact) mass is 276 g/mol. The number of nitrogens with one attached hydrogen (secondary N) is 1. The fourth-order valence-electron chi connectivity index (χ4n) is 3.49. The number of rotatable bonds is 4. The van der Waals surface area contributed by atoms with E-state index in [9.17, 15) is 0 Å². The van der Waals surface area contributed by atoms with E-state index in [4.69, 9.17) is 0 Å². The molecule has 1 aromatic heterocycles. The average molecular weight is 276 g/mol. The Morgan fingerprint density at radius 3 is 2.70 bits per heavy atom. The number of piperazine rings is 1. The molecule has 1 saturated carbocycles. The summed E-state index contributed by atoms with van der Waals surface area (Å²) in [5.74, 6) is 0.861. The van der Waals surface area contributed by atoms with Gasteiger partial charge in [-0.15, -0.1) is 0 Å². The molecule has 1 N–H and O–H groups in total. The van der Waals surface area contributed by atoms with Crippen LogP contribution in [0.2, 0.25) is 0 Å². The standard InChI is InChI=1S/C16H28N4/c1-5-15(2)12-20(10-14-8-9-19(4)18-14)16(3,11-17-15)13-6-7-13/h8-9,13,17H,5-7,10-12H2,1-4H3. The SMILES string of the molecule is CCC1(C)CN(Cc2ccn(C)n2)C(C)(C2CC2)CN1. The second kappa shape index (κ2) is 4.85. The molecule has 1 aliphatic heterocycles. The first kappa shape index (κ1) is 14.1. The molecular formula is C16H28N4. The van der Waals surface area contributed by atoms with Gasteiger partial charge in [-0.05, 0) is 45.1 Å². The lowest BCUT2D eigenvalue weighted by molar-refractivity contribution is -0.00227. The van der Waals surface area contributed by atoms with Gasteiger partial charge in [0.25, 0.3) is 0 Å². The molecule has 2 unspecified atom stereocenters. The van der Waals surface area contributed by atoms with E-state index in [1.165, 1.54) is 25.0 Å². The van der Waals surface area contributed by atoms with Crippen molar-refractivity contribution in [2.24, 2.45) is 13.0 Å². The molecule has 2 aliphatic rings. The van der Waals surface area contributed by atoms with Crippen LogP contribution in [0.4, 0.5) is 0 Å². The van der Waals surface area contributed by atoms with Crippen molar-refractivity contribution in [3.8, 4) is 0 Å². The minimum Gasteiger partial charge on any atom is -0.308 e. The van der Waals surface area contributed by atoms with Crippen LogP contribution in [0.5, 0.6) is 0 Å². The fraction of sp³-hybridized carbons (Fsp3) is 0.812. The lowest BCUT2D eigenvalue weighted by Gasteiger charge is -2.52. The Labute approximate surface area is 122 Å². The number of hydrogen-bond donors (Lipinski definition) is 1. The summed E-state index contributed by atoms with van der Waals surface area (Å²) < 4.78 is 1.91. The van der Waals surface area contributed by atoms with Gasteiger partial charge in [-0.2, -0.15) is 5.10 Å². The van der Waals surface area contributed by atoms with Crippen LogP contribution in [0.15, 0.2) is 12.3 Å². The van der Waals surface area contributed by atoms with Gasteiger partial charge >= 0.3 is 0 Å². The third-order valence-corrected chi connectivity index (χ3v) is 5.49. The van der Waals surface area contributed by atoms with Crippen molar-refractivity contribution < 1.29 is 0 Å². The quantitative estimate of drug-likeness (QED) is 0.915. The van der Waals surface area contributed by atoms with Gasteiger partial charge in [0.15, 0.2) is 0 Å². The second-order valence-electron chi connectivity index (χ2n) is 7.24. The van der Waals surface area contributed by atoms with Crippen molar-refractivity contribution in [1.29, 1.82) is 0 Å². The first-order valence-corrected chi connectivity index (χ1v) is 7.94. The molecule has 2 atom stereocenters. The molecule has 3 rings (SSSR count). The van der Waals surface area contributed by atoms with E-state index in [1.54, 1.807) is 0 Å². The van der Waals surface area contributed by atoms with E-state index < -0.39 is 0 Å². The van der Waals surface area contributed by atoms with Crippen molar-refractivity contribution in [3.05, 3.63) is 18.0 Å². The molecule has 2 fully saturated rings. The zero-order valence-corrected chi connectivity index (χ0v) is 13.3. The summed E-state index contributed by atoms with van der Waals surface area (Å²) in [7, 11) is 2.00. The molecule has 1 aliphatic carbocycles. The molecule has 0 aromatic carbocycles. The van der Waals surface area contributed by atoms with E-state index in [-0.39, 0.29) is 5.54 Å². The van der Waals surface area contributed by atoms with E-state index >= 15 is 0 Å². The first-order chi connectivity index (χ1) is 9.45. The van der Waals surface area contributed by atoms with E-state index in [0.717, 1.165) is 25.6 Å². The topological polar surface area (TPSA) is 33.1 Å². The summed E-state index contributed by atoms with van der Waals surface area (Å²) in [6, 6.07) is 2.15. The van der Waals surface area contributed by atoms with Gasteiger partial charge in [-0.3, -0.25) is 9.58 Å². The van der Waals surface area contributed by atoms with Crippen LogP contribution in [0.1, 0.15) is 45.7 Å². The Balaban J connectivity index is 1.81. The van der Waals surface area contributed by atoms with Crippen molar-refractivity contribution in [1.82, 2.24) is 20.0 Å². The van der Waals surface area contributed by atoms with Gasteiger partial charge in [0.2, 0.25) is 0 Å². The molecule has 4 nitrogen and oxygen atoms in total. The maximum absolute atomic E-state index is 4.58. The molecule has 1 aromatic rings. The number of nitrogens with zero attached hydrogens (tertiary/aromatic N) is 3. The van der Waals surface area contributed by atoms with Crippen molar-refractivity contribution >= 4 is 0 Å². The van der Waals surface area contributed by atoms with Crippen molar-refractivity contribution in [2.45, 2.75) is 57.7 Å². The zero-order valence-electron chi connectivity index (χ0n) is 13.3. The van der Waals surface area contributed by atoms with Crippen LogP contribution in [-0.2, 0) is 13.6 Å². The van der Waals surface area contributed by atoms with Crippen LogP contribution in [0.3, 0.4) is 0 Å². The van der Waals surface area contributed by atoms with Gasteiger partial charge < -0.3 is 5.32 Å². The summed E-state index contributed by atoms with van der Waals surface area (Å²) in [4.78, 5) is 2.69. The Morgan fingerprint density at radius 1 is 1.40 bits per heavy atom. The third-order valence-electron chi connectivity index (χ3n) is 5.49. The maximum Gasteiger partial charge on any atom is 0.0764 e. The average Bonchev–Trinajstić information content (AvgIpc) is 3.20. The van der Waals surface area contributed by atoms with Crippen LogP contribution < -0.4 is 5.32 Å². The summed E-state index contributed by atoms with van der Waals surface area (Å²) in [6.45, 7) is 10.3. The molecule has 112 valence electrons. The Kier molecular flexibility index (Phi) is 3.41. The highest BCUT2D eigenvalue weighted by molar-refractivity contribution is 5.10. The molecule has 0 amide bonds. The van der Waals surface area contributed by atoms with Crippen LogP contribution in [-0.4, -0.2) is 38.8 Å². The van der Waals surface area contributed by atoms with E-state index in [0.29, 0.717) is 5.54 Å². The molecule has 1 saturated heterocycles. The largest absolute Gasteiger partial charge is 0.308 e. The molecular weight excluding hydrogens is 248 g/mol. The van der Waals surface area contributed by atoms with E-state index in [2.05, 4.69) is 42.2 Å². The molecule has 0 radical (unpaired) electrons. The van der Waals surface area contributed by atoms with Gasteiger partial charge in [0.05, 0.1) is 5.69 Å². The smallest absolute Gasteiger partial charge is 0.0764 e. The first-order valence-electron chi connectivity index (χ1n) is 7.94. The number of aryl methyl sites for hydroxylation is 1. The minimum atomic E-state index is 0.239. The highest BCUT2D eigenvalue weighted by atomic mass is 15.3. The lowest BCUT2D eigenvalue weighted by atomic mass is 9.84. The summed E-state index contributed by atoms with van der Waals surface area (Å²) in [5, 5.41) is 8.39. The number of aromatic nitrogens is 2. The lowest BCUT2D eigenvalue weighted by Crippen LogP contribution is -2.68. The Bertz CT molecular complexity index is 479. The van der Waals surface area contributed by atoms with Crippen LogP contribution in [0.25, 0.3) is 0 Å². The third kappa shape index (κ3) is 2.51. The zero-order chi connectivity index (χ0) is 14.4. The minimum absolute atomic E-state index is 0.239. The Morgan fingerprint density at radius 2 is 2.15 bits per heavy atom. The van der Waals surface area contributed by atoms with Crippen molar-refractivity contribution in [2.75, 3.05) is 13.1 Å². The molecule has 4 heteroatoms. The predicted octanol–water partition coefficient (Wildman–Crippen LogP) is 2.16. The highest BCUT2D eigenvalue weighted by Gasteiger charge is 2.50. The highest BCUT2D eigenvalue weighted by Crippen LogP contribution is 2.45. The number of hydrogen-bond acceptors (Lipinski definition) is 3. The summed E-state index contributed by atoms with van der Waals surface area (Å²) >= 11 is 0. The normalized spacial score (nSPS) is 35.4.